The van der Waals surface area contributed by atoms with E-state index >= 15 is 0 Å². The summed E-state index contributed by atoms with van der Waals surface area (Å²) in [5.41, 5.74) is 0.0365. The van der Waals surface area contributed by atoms with Gasteiger partial charge in [-0.25, -0.2) is 9.59 Å². The molecule has 0 aromatic heterocycles. The number of aliphatic carboxylic acids is 1. The third-order valence-electron chi connectivity index (χ3n) is 4.68. The fraction of sp³-hybridized carbons (Fsp3) is 0.579. The topological polar surface area (TPSA) is 82.1 Å². The van der Waals surface area contributed by atoms with Crippen LogP contribution in [0.1, 0.15) is 49.4 Å². The Bertz CT molecular complexity index is 640. The third-order valence-corrected chi connectivity index (χ3v) is 4.68. The van der Waals surface area contributed by atoms with Crippen LogP contribution in [0.15, 0.2) is 24.3 Å². The molecule has 0 heterocycles. The molecule has 8 heteroatoms. The fourth-order valence-corrected chi connectivity index (χ4v) is 3.12. The number of halogens is 2. The monoisotopic (exact) mass is 386 g/mol. The van der Waals surface area contributed by atoms with Gasteiger partial charge in [-0.2, -0.15) is 8.78 Å². The van der Waals surface area contributed by atoms with E-state index in [0.29, 0.717) is 31.4 Å². The summed E-state index contributed by atoms with van der Waals surface area (Å²) >= 11 is 0. The number of alkyl halides is 2. The normalized spacial score (nSPS) is 17.8. The molecule has 0 bridgehead atoms. The summed E-state index contributed by atoms with van der Waals surface area (Å²) < 4.78 is 43.8. The van der Waals surface area contributed by atoms with Crippen LogP contribution in [0.25, 0.3) is 0 Å². The molecular weight excluding hydrogens is 362 g/mol. The maximum absolute atomic E-state index is 14.2. The molecule has 2 unspecified atom stereocenters. The number of rotatable bonds is 8. The van der Waals surface area contributed by atoms with E-state index in [1.807, 2.05) is 0 Å². The molecule has 27 heavy (non-hydrogen) atoms. The maximum Gasteiger partial charge on any atom is 0.378 e. The Kier molecular flexibility index (Phi) is 7.12. The Balaban J connectivity index is 2.13. The highest BCUT2D eigenvalue weighted by molar-refractivity contribution is 5.90. The largest absolute Gasteiger partial charge is 0.477 e. The summed E-state index contributed by atoms with van der Waals surface area (Å²) in [6.45, 7) is 1.69. The van der Waals surface area contributed by atoms with Gasteiger partial charge in [0.15, 0.2) is 12.4 Å². The second kappa shape index (κ2) is 9.12. The molecule has 0 aliphatic heterocycles. The van der Waals surface area contributed by atoms with Gasteiger partial charge in [0, 0.05) is 13.0 Å². The van der Waals surface area contributed by atoms with E-state index in [0.717, 1.165) is 6.42 Å². The number of carboxylic acids is 1. The zero-order chi connectivity index (χ0) is 20.0. The van der Waals surface area contributed by atoms with Gasteiger partial charge < -0.3 is 19.3 Å². The fourth-order valence-electron chi connectivity index (χ4n) is 3.12. The SMILES string of the molecule is COC(C)Oc1ccc(C(=O)OC(C2CCCCC2)C(F)(F)C(=O)O)cc1. The molecule has 1 fully saturated rings. The highest BCUT2D eigenvalue weighted by atomic mass is 19.3. The van der Waals surface area contributed by atoms with Crippen molar-refractivity contribution in [2.45, 2.75) is 57.3 Å². The van der Waals surface area contributed by atoms with E-state index in [9.17, 15) is 18.4 Å². The molecule has 1 aromatic rings. The molecule has 1 saturated carbocycles. The summed E-state index contributed by atoms with van der Waals surface area (Å²) in [6.07, 6.45) is 0.637. The molecule has 2 rings (SSSR count). The van der Waals surface area contributed by atoms with E-state index in [2.05, 4.69) is 0 Å². The second-order valence-corrected chi connectivity index (χ2v) is 6.60. The minimum atomic E-state index is -4.14. The smallest absolute Gasteiger partial charge is 0.378 e. The molecule has 1 aliphatic rings. The Labute approximate surface area is 156 Å². The number of hydrogen-bond donors (Lipinski definition) is 1. The van der Waals surface area contributed by atoms with Gasteiger partial charge in [-0.15, -0.1) is 0 Å². The lowest BCUT2D eigenvalue weighted by molar-refractivity contribution is -0.189. The van der Waals surface area contributed by atoms with Crippen LogP contribution in [0.3, 0.4) is 0 Å². The van der Waals surface area contributed by atoms with Gasteiger partial charge >= 0.3 is 17.9 Å². The first-order valence-corrected chi connectivity index (χ1v) is 8.87. The van der Waals surface area contributed by atoms with Crippen LogP contribution in [0.2, 0.25) is 0 Å². The van der Waals surface area contributed by atoms with Crippen LogP contribution in [-0.2, 0) is 14.3 Å². The first kappa shape index (κ1) is 21.1. The summed E-state index contributed by atoms with van der Waals surface area (Å²) in [5, 5.41) is 8.90. The molecule has 6 nitrogen and oxygen atoms in total. The van der Waals surface area contributed by atoms with E-state index in [1.165, 1.54) is 31.4 Å². The van der Waals surface area contributed by atoms with Crippen molar-refractivity contribution in [1.82, 2.24) is 0 Å². The van der Waals surface area contributed by atoms with Crippen molar-refractivity contribution in [2.24, 2.45) is 5.92 Å². The summed E-state index contributed by atoms with van der Waals surface area (Å²) in [6, 6.07) is 5.71. The number of carbonyl (C=O) groups is 2. The predicted octanol–water partition coefficient (Wildman–Crippen LogP) is 3.88. The first-order chi connectivity index (χ1) is 12.8. The maximum atomic E-state index is 14.2. The predicted molar refractivity (Wildman–Crippen MR) is 91.9 cm³/mol. The summed E-state index contributed by atoms with van der Waals surface area (Å²) in [7, 11) is 1.48. The van der Waals surface area contributed by atoms with Crippen LogP contribution in [-0.4, -0.2) is 42.5 Å². The Morgan fingerprint density at radius 1 is 1.15 bits per heavy atom. The number of methoxy groups -OCH3 is 1. The summed E-state index contributed by atoms with van der Waals surface area (Å²) in [5.74, 6) is -7.67. The number of hydrogen-bond acceptors (Lipinski definition) is 5. The van der Waals surface area contributed by atoms with Crippen LogP contribution >= 0.6 is 0 Å². The van der Waals surface area contributed by atoms with Crippen molar-refractivity contribution in [1.29, 1.82) is 0 Å². The van der Waals surface area contributed by atoms with E-state index in [4.69, 9.17) is 19.3 Å². The van der Waals surface area contributed by atoms with Gasteiger partial charge in [0.2, 0.25) is 0 Å². The lowest BCUT2D eigenvalue weighted by atomic mass is 9.83. The molecule has 150 valence electrons. The van der Waals surface area contributed by atoms with E-state index < -0.39 is 36.2 Å². The van der Waals surface area contributed by atoms with Gasteiger partial charge in [-0.1, -0.05) is 19.3 Å². The van der Waals surface area contributed by atoms with Crippen molar-refractivity contribution in [2.75, 3.05) is 7.11 Å². The van der Waals surface area contributed by atoms with Gasteiger partial charge in [-0.05, 0) is 44.0 Å². The highest BCUT2D eigenvalue weighted by Crippen LogP contribution is 2.36. The molecule has 0 saturated heterocycles. The first-order valence-electron chi connectivity index (χ1n) is 8.87. The molecule has 1 aromatic carbocycles. The molecule has 1 aliphatic carbocycles. The number of carbonyl (C=O) groups excluding carboxylic acids is 1. The minimum absolute atomic E-state index is 0.0365. The van der Waals surface area contributed by atoms with Crippen molar-refractivity contribution in [3.05, 3.63) is 29.8 Å². The molecule has 2 atom stereocenters. The van der Waals surface area contributed by atoms with Crippen LogP contribution in [0.5, 0.6) is 5.75 Å². The minimum Gasteiger partial charge on any atom is -0.477 e. The number of carboxylic acid groups (broad SMARTS) is 1. The number of ether oxygens (including phenoxy) is 3. The van der Waals surface area contributed by atoms with Gasteiger partial charge in [0.1, 0.15) is 5.75 Å². The molecule has 0 spiro atoms. The molecular formula is C19H24F2O6. The molecule has 0 radical (unpaired) electrons. The summed E-state index contributed by atoms with van der Waals surface area (Å²) in [4.78, 5) is 23.4. The zero-order valence-electron chi connectivity index (χ0n) is 15.3. The van der Waals surface area contributed by atoms with E-state index in [1.54, 1.807) is 6.92 Å². The van der Waals surface area contributed by atoms with E-state index in [-0.39, 0.29) is 5.56 Å². The lowest BCUT2D eigenvalue weighted by Crippen LogP contribution is -2.48. The number of benzene rings is 1. The van der Waals surface area contributed by atoms with Crippen LogP contribution in [0.4, 0.5) is 8.78 Å². The van der Waals surface area contributed by atoms with Gasteiger partial charge in [0.25, 0.3) is 0 Å². The van der Waals surface area contributed by atoms with Gasteiger partial charge in [-0.3, -0.25) is 0 Å². The average molecular weight is 386 g/mol. The van der Waals surface area contributed by atoms with Crippen molar-refractivity contribution < 1.29 is 37.7 Å². The average Bonchev–Trinajstić information content (AvgIpc) is 2.66. The van der Waals surface area contributed by atoms with Crippen molar-refractivity contribution in [3.8, 4) is 5.75 Å². The third kappa shape index (κ3) is 5.38. The lowest BCUT2D eigenvalue weighted by Gasteiger charge is -2.33. The van der Waals surface area contributed by atoms with Gasteiger partial charge in [0.05, 0.1) is 5.56 Å². The highest BCUT2D eigenvalue weighted by Gasteiger charge is 2.53. The Morgan fingerprint density at radius 3 is 2.26 bits per heavy atom. The van der Waals surface area contributed by atoms with Crippen LogP contribution in [0, 0.1) is 5.92 Å². The zero-order valence-corrected chi connectivity index (χ0v) is 15.3. The Morgan fingerprint density at radius 2 is 1.74 bits per heavy atom. The van der Waals surface area contributed by atoms with Crippen molar-refractivity contribution >= 4 is 11.9 Å². The number of esters is 1. The molecule has 0 amide bonds. The van der Waals surface area contributed by atoms with Crippen molar-refractivity contribution in [3.63, 3.8) is 0 Å². The second-order valence-electron chi connectivity index (χ2n) is 6.60. The standard InChI is InChI=1S/C19H24F2O6/c1-12(25-2)26-15-10-8-14(9-11-15)17(22)27-16(19(20,21)18(23)24)13-6-4-3-5-7-13/h8-13,16H,3-7H2,1-2H3,(H,23,24). The quantitative estimate of drug-likeness (QED) is 0.539. The Hall–Kier alpha value is -2.22. The van der Waals surface area contributed by atoms with Crippen LogP contribution < -0.4 is 4.74 Å². The molecule has 1 N–H and O–H groups in total.